The van der Waals surface area contributed by atoms with Crippen molar-refractivity contribution < 1.29 is 7.84 Å². The average Bonchev–Trinajstić information content (AvgIpc) is 1.88. The van der Waals surface area contributed by atoms with Gasteiger partial charge in [0, 0.05) is 0 Å². The maximum atomic E-state index is 10.4. The summed E-state index contributed by atoms with van der Waals surface area (Å²) in [6.07, 6.45) is 0. The third-order valence-electron chi connectivity index (χ3n) is 1.20. The van der Waals surface area contributed by atoms with E-state index in [0.717, 1.165) is 5.56 Å². The topological polar surface area (TPSA) is 37.3 Å². The van der Waals surface area contributed by atoms with Crippen molar-refractivity contribution in [3.05, 3.63) is 35.9 Å². The fourth-order valence-corrected chi connectivity index (χ4v) is 2.00. The van der Waals surface area contributed by atoms with Gasteiger partial charge in [0.1, 0.15) is 0 Å². The molecule has 1 rings (SSSR count). The molecule has 1 aromatic carbocycles. The minimum absolute atomic E-state index is 0.362. The van der Waals surface area contributed by atoms with Gasteiger partial charge >= 0.3 is 63.9 Å². The Morgan fingerprint density at radius 2 is 1.90 bits per heavy atom. The summed E-state index contributed by atoms with van der Waals surface area (Å²) in [6, 6.07) is 9.36. The van der Waals surface area contributed by atoms with E-state index >= 15 is 0 Å². The standard InChI is InChI=1S/C7H9AsO2/c9-8(10)6-7-4-2-1-3-5-7/h1-5,8H,6H2,(H,9,10). The fourth-order valence-electron chi connectivity index (χ4n) is 0.770. The van der Waals surface area contributed by atoms with Crippen molar-refractivity contribution in [3.63, 3.8) is 0 Å². The van der Waals surface area contributed by atoms with Crippen molar-refractivity contribution in [2.24, 2.45) is 0 Å². The number of rotatable bonds is 2. The second kappa shape index (κ2) is 3.64. The van der Waals surface area contributed by atoms with Gasteiger partial charge in [-0.05, 0) is 0 Å². The molecular formula is C7H9AsO2. The molecule has 0 saturated carbocycles. The van der Waals surface area contributed by atoms with E-state index in [1.54, 1.807) is 0 Å². The summed E-state index contributed by atoms with van der Waals surface area (Å²) in [5.41, 5.74) is 0.954. The van der Waals surface area contributed by atoms with Gasteiger partial charge < -0.3 is 0 Å². The zero-order chi connectivity index (χ0) is 7.40. The molecule has 0 bridgehead atoms. The minimum atomic E-state index is -2.88. The molecule has 54 valence electrons. The van der Waals surface area contributed by atoms with Crippen LogP contribution in [-0.4, -0.2) is 19.0 Å². The van der Waals surface area contributed by atoms with Gasteiger partial charge in [-0.25, -0.2) is 0 Å². The second-order valence-electron chi connectivity index (χ2n) is 2.06. The molecule has 2 nitrogen and oxygen atoms in total. The van der Waals surface area contributed by atoms with E-state index in [-0.39, 0.29) is 0 Å². The molecule has 0 aliphatic rings. The third-order valence-corrected chi connectivity index (χ3v) is 2.69. The first-order chi connectivity index (χ1) is 4.79. The first-order valence-corrected chi connectivity index (χ1v) is 6.32. The summed E-state index contributed by atoms with van der Waals surface area (Å²) in [6.45, 7) is 0. The van der Waals surface area contributed by atoms with Gasteiger partial charge in [0.05, 0.1) is 0 Å². The Labute approximate surface area is 64.3 Å². The molecule has 0 heterocycles. The van der Waals surface area contributed by atoms with Crippen LogP contribution in [0.5, 0.6) is 0 Å². The molecule has 1 atom stereocenters. The number of hydrogen-bond donors (Lipinski definition) is 1. The Morgan fingerprint density at radius 1 is 1.30 bits per heavy atom. The van der Waals surface area contributed by atoms with Crippen molar-refractivity contribution in [2.45, 2.75) is 5.21 Å². The average molecular weight is 200 g/mol. The summed E-state index contributed by atoms with van der Waals surface area (Å²) < 4.78 is 19.0. The van der Waals surface area contributed by atoms with E-state index in [9.17, 15) is 3.74 Å². The van der Waals surface area contributed by atoms with E-state index in [1.165, 1.54) is 0 Å². The van der Waals surface area contributed by atoms with Gasteiger partial charge in [-0.15, -0.1) is 0 Å². The van der Waals surface area contributed by atoms with E-state index in [2.05, 4.69) is 0 Å². The SMILES string of the molecule is O=[AsH](O)Cc1ccccc1. The molecule has 0 saturated heterocycles. The van der Waals surface area contributed by atoms with Gasteiger partial charge in [-0.2, -0.15) is 0 Å². The van der Waals surface area contributed by atoms with Crippen molar-refractivity contribution in [1.82, 2.24) is 0 Å². The summed E-state index contributed by atoms with van der Waals surface area (Å²) in [4.78, 5) is 0. The zero-order valence-electron chi connectivity index (χ0n) is 5.45. The Kier molecular flexibility index (Phi) is 2.79. The first-order valence-electron chi connectivity index (χ1n) is 3.05. The van der Waals surface area contributed by atoms with Crippen LogP contribution in [0.3, 0.4) is 0 Å². The van der Waals surface area contributed by atoms with Crippen molar-refractivity contribution >= 4 is 14.9 Å². The third kappa shape index (κ3) is 2.42. The van der Waals surface area contributed by atoms with Gasteiger partial charge in [-0.3, -0.25) is 0 Å². The normalized spacial score (nSPS) is 12.9. The molecule has 3 heteroatoms. The summed E-state index contributed by atoms with van der Waals surface area (Å²) in [5.74, 6) is 0. The van der Waals surface area contributed by atoms with Gasteiger partial charge in [0.2, 0.25) is 0 Å². The molecule has 1 unspecified atom stereocenters. The Hall–Kier alpha value is -0.462. The molecular weight excluding hydrogens is 191 g/mol. The second-order valence-corrected chi connectivity index (χ2v) is 4.45. The number of benzene rings is 1. The molecule has 1 aromatic rings. The van der Waals surface area contributed by atoms with Crippen molar-refractivity contribution in [2.75, 3.05) is 0 Å². The van der Waals surface area contributed by atoms with Crippen LogP contribution in [0.2, 0.25) is 0 Å². The Bertz CT molecular complexity index is 220. The van der Waals surface area contributed by atoms with Crippen LogP contribution in [0.15, 0.2) is 30.3 Å². The van der Waals surface area contributed by atoms with Crippen LogP contribution in [0, 0.1) is 0 Å². The molecule has 0 radical (unpaired) electrons. The Balaban J connectivity index is 2.67. The molecule has 0 spiro atoms. The van der Waals surface area contributed by atoms with Crippen molar-refractivity contribution in [3.8, 4) is 0 Å². The molecule has 0 aliphatic carbocycles. The van der Waals surface area contributed by atoms with Crippen LogP contribution in [0.1, 0.15) is 5.56 Å². The van der Waals surface area contributed by atoms with E-state index < -0.39 is 14.9 Å². The van der Waals surface area contributed by atoms with Crippen LogP contribution in [0.4, 0.5) is 0 Å². The predicted molar refractivity (Wildman–Crippen MR) is 40.2 cm³/mol. The van der Waals surface area contributed by atoms with Gasteiger partial charge in [0.15, 0.2) is 0 Å². The number of hydrogen-bond acceptors (Lipinski definition) is 1. The first kappa shape index (κ1) is 7.64. The fraction of sp³-hybridized carbons (Fsp3) is 0.143. The molecule has 10 heavy (non-hydrogen) atoms. The molecule has 1 N–H and O–H groups in total. The van der Waals surface area contributed by atoms with Crippen LogP contribution < -0.4 is 0 Å². The van der Waals surface area contributed by atoms with E-state index in [1.807, 2.05) is 30.3 Å². The quantitative estimate of drug-likeness (QED) is 0.702. The van der Waals surface area contributed by atoms with Gasteiger partial charge in [0.25, 0.3) is 0 Å². The Morgan fingerprint density at radius 3 is 2.40 bits per heavy atom. The monoisotopic (exact) mass is 200 g/mol. The molecule has 0 fully saturated rings. The van der Waals surface area contributed by atoms with E-state index in [4.69, 9.17) is 4.10 Å². The van der Waals surface area contributed by atoms with Gasteiger partial charge in [-0.1, -0.05) is 0 Å². The van der Waals surface area contributed by atoms with Crippen LogP contribution >= 0.6 is 0 Å². The molecule has 0 aromatic heterocycles. The zero-order valence-corrected chi connectivity index (χ0v) is 7.55. The molecule has 0 amide bonds. The van der Waals surface area contributed by atoms with Crippen molar-refractivity contribution in [1.29, 1.82) is 0 Å². The summed E-state index contributed by atoms with van der Waals surface area (Å²) in [5, 5.41) is 0.362. The predicted octanol–water partition coefficient (Wildman–Crippen LogP) is 0.412. The summed E-state index contributed by atoms with van der Waals surface area (Å²) >= 11 is -2.88. The maximum absolute atomic E-state index is 10.4. The van der Waals surface area contributed by atoms with Crippen LogP contribution in [0.25, 0.3) is 0 Å². The van der Waals surface area contributed by atoms with E-state index in [0.29, 0.717) is 5.21 Å². The summed E-state index contributed by atoms with van der Waals surface area (Å²) in [7, 11) is 0. The molecule has 0 aliphatic heterocycles. The van der Waals surface area contributed by atoms with Crippen LogP contribution in [-0.2, 0) is 8.95 Å².